The Hall–Kier alpha value is -3.26. The minimum atomic E-state index is -0.276. The summed E-state index contributed by atoms with van der Waals surface area (Å²) in [5.74, 6) is 0.788. The summed E-state index contributed by atoms with van der Waals surface area (Å²) >= 11 is 8.13. The van der Waals surface area contributed by atoms with Crippen LogP contribution in [0.2, 0.25) is 5.02 Å². The van der Waals surface area contributed by atoms with Crippen molar-refractivity contribution >= 4 is 34.7 Å². The monoisotopic (exact) mass is 532 g/mol. The number of nitrogens with one attached hydrogen (secondary N) is 1. The second kappa shape index (κ2) is 9.56. The Morgan fingerprint density at radius 3 is 2.70 bits per heavy atom. The number of nitrogens with zero attached hydrogens (tertiary/aromatic N) is 3. The summed E-state index contributed by atoms with van der Waals surface area (Å²) in [4.78, 5) is 19.8. The highest BCUT2D eigenvalue weighted by atomic mass is 35.5. The van der Waals surface area contributed by atoms with E-state index >= 15 is 0 Å². The lowest BCUT2D eigenvalue weighted by Gasteiger charge is -2.32. The fraction of sp³-hybridized carbons (Fsp3) is 0.276. The lowest BCUT2D eigenvalue weighted by Crippen LogP contribution is -2.38. The predicted molar refractivity (Wildman–Crippen MR) is 149 cm³/mol. The van der Waals surface area contributed by atoms with Crippen LogP contribution in [0.4, 0.5) is 10.5 Å². The number of hydrogen-bond acceptors (Lipinski definition) is 4. The molecule has 0 spiro atoms. The molecule has 0 radical (unpaired) electrons. The van der Waals surface area contributed by atoms with E-state index in [-0.39, 0.29) is 12.1 Å². The maximum Gasteiger partial charge on any atom is 0.322 e. The third kappa shape index (κ3) is 4.31. The molecule has 2 aromatic heterocycles. The average Bonchev–Trinajstić information content (AvgIpc) is 3.47. The van der Waals surface area contributed by atoms with Gasteiger partial charge in [0.2, 0.25) is 0 Å². The summed E-state index contributed by atoms with van der Waals surface area (Å²) in [6, 6.07) is 17.4. The van der Waals surface area contributed by atoms with Crippen molar-refractivity contribution in [1.82, 2.24) is 14.4 Å². The largest absolute Gasteiger partial charge is 0.497 e. The van der Waals surface area contributed by atoms with Gasteiger partial charge >= 0.3 is 6.03 Å². The lowest BCUT2D eigenvalue weighted by molar-refractivity contribution is 0.194. The van der Waals surface area contributed by atoms with Gasteiger partial charge in [-0.1, -0.05) is 29.8 Å². The minimum Gasteiger partial charge on any atom is -0.497 e. The standard InChI is InChI=1S/C29H29ClN4O2S/c1-18-6-9-20(30)15-24(18)31-29(35)34-16-23-22-12-14-32(2)17-26(22)37-28(23)33-13-4-5-25(33)27(34)19-7-10-21(36-3)11-8-19/h4-11,13,15,27H,12,14,16-17H2,1-3H3,(H,31,35)/t27-/m1/s1. The number of anilines is 1. The van der Waals surface area contributed by atoms with E-state index in [1.54, 1.807) is 7.11 Å². The van der Waals surface area contributed by atoms with Gasteiger partial charge in [-0.2, -0.15) is 0 Å². The Kier molecular flexibility index (Phi) is 6.23. The number of methoxy groups -OCH3 is 1. The van der Waals surface area contributed by atoms with Crippen LogP contribution in [-0.2, 0) is 19.5 Å². The zero-order valence-electron chi connectivity index (χ0n) is 21.1. The molecule has 2 aromatic carbocycles. The zero-order chi connectivity index (χ0) is 25.7. The molecule has 1 N–H and O–H groups in total. The van der Waals surface area contributed by atoms with E-state index in [9.17, 15) is 4.79 Å². The van der Waals surface area contributed by atoms with Crippen LogP contribution in [0.5, 0.6) is 5.75 Å². The molecule has 0 saturated heterocycles. The molecule has 0 unspecified atom stereocenters. The van der Waals surface area contributed by atoms with E-state index in [1.807, 2.05) is 53.5 Å². The van der Waals surface area contributed by atoms with Gasteiger partial charge in [0.15, 0.2) is 0 Å². The van der Waals surface area contributed by atoms with Gasteiger partial charge in [-0.3, -0.25) is 0 Å². The molecule has 4 heterocycles. The fourth-order valence-corrected chi connectivity index (χ4v) is 7.02. The molecule has 2 aliphatic heterocycles. The summed E-state index contributed by atoms with van der Waals surface area (Å²) < 4.78 is 7.69. The molecule has 1 atom stereocenters. The number of halogens is 1. The fourth-order valence-electron chi connectivity index (χ4n) is 5.40. The number of carbonyl (C=O) groups excluding carboxylic acids is 1. The quantitative estimate of drug-likeness (QED) is 0.322. The van der Waals surface area contributed by atoms with Crippen molar-refractivity contribution in [2.75, 3.05) is 26.0 Å². The van der Waals surface area contributed by atoms with Crippen LogP contribution in [-0.4, -0.2) is 41.1 Å². The molecule has 37 heavy (non-hydrogen) atoms. The van der Waals surface area contributed by atoms with Gasteiger partial charge in [-0.15, -0.1) is 11.3 Å². The number of urea groups is 1. The van der Waals surface area contributed by atoms with Crippen LogP contribution in [0.25, 0.3) is 5.00 Å². The van der Waals surface area contributed by atoms with Gasteiger partial charge in [-0.25, -0.2) is 4.79 Å². The molecule has 2 aliphatic rings. The van der Waals surface area contributed by atoms with Crippen LogP contribution in [0.15, 0.2) is 60.8 Å². The third-order valence-electron chi connectivity index (χ3n) is 7.39. The number of likely N-dealkylation sites (N-methyl/N-ethyl adjacent to an activating group) is 1. The SMILES string of the molecule is COc1ccc([C@@H]2c3cccn3-c3sc4c(c3CN2C(=O)Nc2cc(Cl)ccc2C)CCN(C)C4)cc1. The second-order valence-electron chi connectivity index (χ2n) is 9.77. The first-order valence-electron chi connectivity index (χ1n) is 12.4. The highest BCUT2D eigenvalue weighted by Crippen LogP contribution is 2.43. The van der Waals surface area contributed by atoms with Crippen molar-refractivity contribution in [1.29, 1.82) is 0 Å². The smallest absolute Gasteiger partial charge is 0.322 e. The van der Waals surface area contributed by atoms with Crippen molar-refractivity contribution in [3.8, 4) is 10.8 Å². The Labute approximate surface area is 226 Å². The zero-order valence-corrected chi connectivity index (χ0v) is 22.7. The van der Waals surface area contributed by atoms with E-state index in [0.29, 0.717) is 11.6 Å². The first-order chi connectivity index (χ1) is 17.9. The topological polar surface area (TPSA) is 49.7 Å². The van der Waals surface area contributed by atoms with Gasteiger partial charge < -0.3 is 24.4 Å². The van der Waals surface area contributed by atoms with Gasteiger partial charge in [0.25, 0.3) is 0 Å². The molecular formula is C29H29ClN4O2S. The highest BCUT2D eigenvalue weighted by molar-refractivity contribution is 7.15. The summed E-state index contributed by atoms with van der Waals surface area (Å²) in [6.07, 6.45) is 3.11. The molecule has 6 rings (SSSR count). The number of amides is 2. The lowest BCUT2D eigenvalue weighted by atomic mass is 10.00. The molecular weight excluding hydrogens is 504 g/mol. The number of rotatable bonds is 3. The van der Waals surface area contributed by atoms with E-state index in [1.165, 1.54) is 21.0 Å². The number of ether oxygens (including phenoxy) is 1. The Morgan fingerprint density at radius 1 is 1.11 bits per heavy atom. The summed E-state index contributed by atoms with van der Waals surface area (Å²) in [7, 11) is 3.83. The van der Waals surface area contributed by atoms with E-state index in [4.69, 9.17) is 16.3 Å². The summed E-state index contributed by atoms with van der Waals surface area (Å²) in [5.41, 5.74) is 6.43. The maximum absolute atomic E-state index is 14.1. The molecule has 4 aromatic rings. The number of aromatic nitrogens is 1. The third-order valence-corrected chi connectivity index (χ3v) is 8.88. The summed E-state index contributed by atoms with van der Waals surface area (Å²) in [5, 5.41) is 4.98. The first-order valence-corrected chi connectivity index (χ1v) is 13.6. The maximum atomic E-state index is 14.1. The predicted octanol–water partition coefficient (Wildman–Crippen LogP) is 6.63. The van der Waals surface area contributed by atoms with E-state index < -0.39 is 0 Å². The molecule has 8 heteroatoms. The molecule has 0 bridgehead atoms. The van der Waals surface area contributed by atoms with E-state index in [2.05, 4.69) is 52.3 Å². The van der Waals surface area contributed by atoms with Crippen LogP contribution < -0.4 is 10.1 Å². The van der Waals surface area contributed by atoms with Crippen LogP contribution in [0.3, 0.4) is 0 Å². The Balaban J connectivity index is 1.49. The van der Waals surface area contributed by atoms with Crippen molar-refractivity contribution < 1.29 is 9.53 Å². The van der Waals surface area contributed by atoms with Gasteiger partial charge in [0.05, 0.1) is 25.4 Å². The molecule has 190 valence electrons. The number of thiophene rings is 1. The van der Waals surface area contributed by atoms with Crippen molar-refractivity contribution in [2.24, 2.45) is 0 Å². The van der Waals surface area contributed by atoms with Crippen LogP contribution >= 0.6 is 22.9 Å². The number of carbonyl (C=O) groups is 1. The van der Waals surface area contributed by atoms with Crippen molar-refractivity contribution in [3.05, 3.63) is 98.6 Å². The Morgan fingerprint density at radius 2 is 1.92 bits per heavy atom. The van der Waals surface area contributed by atoms with Crippen molar-refractivity contribution in [2.45, 2.75) is 32.5 Å². The van der Waals surface area contributed by atoms with Gasteiger partial charge in [0, 0.05) is 40.4 Å². The number of aryl methyl sites for hydroxylation is 1. The number of hydrogen-bond donors (Lipinski definition) is 1. The number of benzene rings is 2. The second-order valence-corrected chi connectivity index (χ2v) is 11.3. The van der Waals surface area contributed by atoms with Gasteiger partial charge in [0.1, 0.15) is 10.8 Å². The summed E-state index contributed by atoms with van der Waals surface area (Å²) in [6.45, 7) is 4.46. The highest BCUT2D eigenvalue weighted by Gasteiger charge is 2.36. The van der Waals surface area contributed by atoms with Crippen LogP contribution in [0, 0.1) is 6.92 Å². The molecule has 0 saturated carbocycles. The molecule has 0 fully saturated rings. The van der Waals surface area contributed by atoms with Crippen molar-refractivity contribution in [3.63, 3.8) is 0 Å². The van der Waals surface area contributed by atoms with Crippen LogP contribution in [0.1, 0.15) is 38.9 Å². The Bertz CT molecular complexity index is 1480. The normalized spacial score (nSPS) is 17.0. The molecule has 2 amide bonds. The number of fused-ring (bicyclic) bond motifs is 5. The average molecular weight is 533 g/mol. The van der Waals surface area contributed by atoms with E-state index in [0.717, 1.165) is 47.8 Å². The molecule has 0 aliphatic carbocycles. The molecule has 6 nitrogen and oxygen atoms in total. The van der Waals surface area contributed by atoms with Gasteiger partial charge in [-0.05, 0) is 73.5 Å². The minimum absolute atomic E-state index is 0.153. The first kappa shape index (κ1) is 24.1.